The van der Waals surface area contributed by atoms with E-state index in [1.54, 1.807) is 6.07 Å². The molecule has 0 unspecified atom stereocenters. The van der Waals surface area contributed by atoms with Crippen LogP contribution in [0.25, 0.3) is 0 Å². The molecule has 1 aromatic heterocycles. The molecule has 0 atom stereocenters. The van der Waals surface area contributed by atoms with Gasteiger partial charge in [-0.15, -0.1) is 0 Å². The van der Waals surface area contributed by atoms with E-state index < -0.39 is 24.2 Å². The number of hydrogen-bond donors (Lipinski definition) is 2. The van der Waals surface area contributed by atoms with E-state index in [0.717, 1.165) is 12.1 Å². The van der Waals surface area contributed by atoms with Crippen LogP contribution in [0.5, 0.6) is 5.75 Å². The molecule has 0 bridgehead atoms. The van der Waals surface area contributed by atoms with E-state index in [1.165, 1.54) is 24.4 Å². The van der Waals surface area contributed by atoms with Gasteiger partial charge in [0.2, 0.25) is 0 Å². The number of amides is 1. The fourth-order valence-corrected chi connectivity index (χ4v) is 1.90. The highest BCUT2D eigenvalue weighted by molar-refractivity contribution is 5.94. The van der Waals surface area contributed by atoms with Crippen molar-refractivity contribution >= 4 is 5.91 Å². The van der Waals surface area contributed by atoms with Gasteiger partial charge < -0.3 is 10.4 Å². The van der Waals surface area contributed by atoms with Crippen LogP contribution in [0.15, 0.2) is 36.5 Å². The lowest BCUT2D eigenvalue weighted by Gasteiger charge is -2.14. The molecule has 118 valence electrons. The molecule has 5 nitrogen and oxygen atoms in total. The maximum Gasteiger partial charge on any atom is 0.416 e. The van der Waals surface area contributed by atoms with Crippen LogP contribution in [0.3, 0.4) is 0 Å². The van der Waals surface area contributed by atoms with Gasteiger partial charge in [0.25, 0.3) is 5.91 Å². The zero-order valence-corrected chi connectivity index (χ0v) is 11.6. The minimum absolute atomic E-state index is 0.130. The van der Waals surface area contributed by atoms with Gasteiger partial charge in [0.1, 0.15) is 5.75 Å². The van der Waals surface area contributed by atoms with Gasteiger partial charge in [-0.05, 0) is 29.8 Å². The topological polar surface area (TPSA) is 86.0 Å². The summed E-state index contributed by atoms with van der Waals surface area (Å²) in [7, 11) is 0. The molecule has 0 fully saturated rings. The number of alkyl halides is 3. The number of benzene rings is 1. The zero-order chi connectivity index (χ0) is 17.0. The summed E-state index contributed by atoms with van der Waals surface area (Å²) in [5.74, 6) is -1.18. The van der Waals surface area contributed by atoms with Crippen LogP contribution in [0, 0.1) is 11.3 Å². The van der Waals surface area contributed by atoms with Crippen molar-refractivity contribution < 1.29 is 23.1 Å². The molecule has 0 saturated carbocycles. The summed E-state index contributed by atoms with van der Waals surface area (Å²) < 4.78 is 39.0. The SMILES string of the molecule is N#Cc1ccc(CNC(=O)c2ncccc2O)c(C(F)(F)F)c1. The highest BCUT2D eigenvalue weighted by Crippen LogP contribution is 2.32. The predicted molar refractivity (Wildman–Crippen MR) is 73.2 cm³/mol. The Morgan fingerprint density at radius 3 is 2.70 bits per heavy atom. The molecule has 1 heterocycles. The lowest BCUT2D eigenvalue weighted by atomic mass is 10.0. The Morgan fingerprint density at radius 2 is 2.09 bits per heavy atom. The van der Waals surface area contributed by atoms with E-state index in [0.29, 0.717) is 0 Å². The Bertz CT molecular complexity index is 782. The van der Waals surface area contributed by atoms with Crippen LogP contribution in [0.2, 0.25) is 0 Å². The Balaban J connectivity index is 2.23. The first kappa shape index (κ1) is 16.3. The monoisotopic (exact) mass is 321 g/mol. The Hall–Kier alpha value is -3.08. The molecule has 0 spiro atoms. The number of nitrogens with one attached hydrogen (secondary N) is 1. The summed E-state index contributed by atoms with van der Waals surface area (Å²) in [5.41, 5.74) is -1.60. The molecule has 0 aliphatic heterocycles. The molecule has 0 radical (unpaired) electrons. The van der Waals surface area contributed by atoms with Gasteiger partial charge in [0, 0.05) is 12.7 Å². The van der Waals surface area contributed by atoms with Crippen molar-refractivity contribution in [3.05, 3.63) is 58.9 Å². The van der Waals surface area contributed by atoms with Crippen molar-refractivity contribution in [2.45, 2.75) is 12.7 Å². The molecule has 0 saturated heterocycles. The summed E-state index contributed by atoms with van der Waals surface area (Å²) >= 11 is 0. The first-order valence-corrected chi connectivity index (χ1v) is 6.35. The Kier molecular flexibility index (Phi) is 4.50. The van der Waals surface area contributed by atoms with Crippen LogP contribution >= 0.6 is 0 Å². The molecule has 2 N–H and O–H groups in total. The van der Waals surface area contributed by atoms with Crippen LogP contribution in [-0.4, -0.2) is 16.0 Å². The van der Waals surface area contributed by atoms with E-state index >= 15 is 0 Å². The number of aromatic hydroxyl groups is 1. The second kappa shape index (κ2) is 6.36. The van der Waals surface area contributed by atoms with Crippen LogP contribution in [0.4, 0.5) is 13.2 Å². The summed E-state index contributed by atoms with van der Waals surface area (Å²) in [6.07, 6.45) is -3.38. The quantitative estimate of drug-likeness (QED) is 0.910. The van der Waals surface area contributed by atoms with E-state index in [-0.39, 0.29) is 22.6 Å². The van der Waals surface area contributed by atoms with Crippen molar-refractivity contribution in [2.75, 3.05) is 0 Å². The van der Waals surface area contributed by atoms with Gasteiger partial charge in [-0.3, -0.25) is 4.79 Å². The standard InChI is InChI=1S/C15H10F3N3O2/c16-15(17,18)11-6-9(7-19)3-4-10(11)8-21-14(23)13-12(22)2-1-5-20-13/h1-6,22H,8H2,(H,21,23). The van der Waals surface area contributed by atoms with E-state index in [1.807, 2.05) is 0 Å². The summed E-state index contributed by atoms with van der Waals surface area (Å²) in [6.45, 7) is -0.421. The van der Waals surface area contributed by atoms with Gasteiger partial charge in [-0.25, -0.2) is 4.98 Å². The minimum Gasteiger partial charge on any atom is -0.505 e. The minimum atomic E-state index is -4.65. The molecule has 0 aliphatic rings. The molecule has 0 aliphatic carbocycles. The number of carbonyl (C=O) groups excluding carboxylic acids is 1. The maximum absolute atomic E-state index is 13.0. The van der Waals surface area contributed by atoms with Gasteiger partial charge in [0.05, 0.1) is 17.2 Å². The van der Waals surface area contributed by atoms with Gasteiger partial charge in [0.15, 0.2) is 5.69 Å². The van der Waals surface area contributed by atoms with E-state index in [9.17, 15) is 23.1 Å². The van der Waals surface area contributed by atoms with Gasteiger partial charge >= 0.3 is 6.18 Å². The van der Waals surface area contributed by atoms with Crippen molar-refractivity contribution in [3.63, 3.8) is 0 Å². The summed E-state index contributed by atoms with van der Waals surface area (Å²) in [5, 5.41) is 20.4. The number of halogens is 3. The number of nitrogens with zero attached hydrogens (tertiary/aromatic N) is 2. The molecule has 2 rings (SSSR count). The maximum atomic E-state index is 13.0. The smallest absolute Gasteiger partial charge is 0.416 e. The molecular formula is C15H10F3N3O2. The normalized spacial score (nSPS) is 10.9. The fourth-order valence-electron chi connectivity index (χ4n) is 1.90. The average Bonchev–Trinajstić information content (AvgIpc) is 2.52. The number of pyridine rings is 1. The zero-order valence-electron chi connectivity index (χ0n) is 11.6. The second-order valence-electron chi connectivity index (χ2n) is 4.54. The molecule has 1 aromatic carbocycles. The molecule has 8 heteroatoms. The predicted octanol–water partition coefficient (Wildman–Crippen LogP) is 2.61. The number of rotatable bonds is 3. The van der Waals surface area contributed by atoms with Crippen molar-refractivity contribution in [1.82, 2.24) is 10.3 Å². The third-order valence-corrected chi connectivity index (χ3v) is 2.99. The number of hydrogen-bond acceptors (Lipinski definition) is 4. The van der Waals surface area contributed by atoms with Crippen molar-refractivity contribution in [2.24, 2.45) is 0 Å². The molecule has 23 heavy (non-hydrogen) atoms. The summed E-state index contributed by atoms with van der Waals surface area (Å²) in [4.78, 5) is 15.5. The van der Waals surface area contributed by atoms with E-state index in [2.05, 4.69) is 10.3 Å². The average molecular weight is 321 g/mol. The molecule has 1 amide bonds. The largest absolute Gasteiger partial charge is 0.505 e. The second-order valence-corrected chi connectivity index (χ2v) is 4.54. The van der Waals surface area contributed by atoms with E-state index in [4.69, 9.17) is 5.26 Å². The Morgan fingerprint density at radius 1 is 1.35 bits per heavy atom. The first-order valence-electron chi connectivity index (χ1n) is 6.35. The van der Waals surface area contributed by atoms with Crippen LogP contribution < -0.4 is 5.32 Å². The molecular weight excluding hydrogens is 311 g/mol. The number of carbonyl (C=O) groups is 1. The summed E-state index contributed by atoms with van der Waals surface area (Å²) in [6, 6.07) is 7.36. The van der Waals surface area contributed by atoms with Crippen molar-refractivity contribution in [3.8, 4) is 11.8 Å². The lowest BCUT2D eigenvalue weighted by Crippen LogP contribution is -2.25. The fraction of sp³-hybridized carbons (Fsp3) is 0.133. The third-order valence-electron chi connectivity index (χ3n) is 2.99. The lowest BCUT2D eigenvalue weighted by molar-refractivity contribution is -0.138. The van der Waals surface area contributed by atoms with Gasteiger partial charge in [-0.2, -0.15) is 18.4 Å². The highest BCUT2D eigenvalue weighted by atomic mass is 19.4. The highest BCUT2D eigenvalue weighted by Gasteiger charge is 2.33. The van der Waals surface area contributed by atoms with Gasteiger partial charge in [-0.1, -0.05) is 6.07 Å². The van der Waals surface area contributed by atoms with Crippen LogP contribution in [0.1, 0.15) is 27.2 Å². The Labute approximate surface area is 129 Å². The van der Waals surface area contributed by atoms with Crippen molar-refractivity contribution in [1.29, 1.82) is 5.26 Å². The molecule has 2 aromatic rings. The number of aromatic nitrogens is 1. The third kappa shape index (κ3) is 3.77. The number of nitriles is 1. The van der Waals surface area contributed by atoms with Crippen LogP contribution in [-0.2, 0) is 12.7 Å². The first-order chi connectivity index (χ1) is 10.8.